The average Bonchev–Trinajstić information content (AvgIpc) is 3.30. The molecule has 1 atom stereocenters. The molecule has 1 aliphatic heterocycles. The zero-order chi connectivity index (χ0) is 28.6. The van der Waals surface area contributed by atoms with Gasteiger partial charge in [0.1, 0.15) is 11.9 Å². The number of morpholine rings is 1. The van der Waals surface area contributed by atoms with Crippen molar-refractivity contribution in [1.82, 2.24) is 29.0 Å². The lowest BCUT2D eigenvalue weighted by Gasteiger charge is -2.34. The van der Waals surface area contributed by atoms with E-state index in [1.807, 2.05) is 45.9 Å². The molecule has 1 saturated heterocycles. The van der Waals surface area contributed by atoms with Crippen molar-refractivity contribution in [3.63, 3.8) is 0 Å². The number of aryl methyl sites for hydroxylation is 1. The van der Waals surface area contributed by atoms with Gasteiger partial charge in [0.15, 0.2) is 0 Å². The maximum absolute atomic E-state index is 12.7. The Morgan fingerprint density at radius 3 is 2.80 bits per heavy atom. The summed E-state index contributed by atoms with van der Waals surface area (Å²) in [5, 5.41) is 4.90. The molecule has 5 rings (SSSR count). The Balaban J connectivity index is 1.48. The van der Waals surface area contributed by atoms with Crippen molar-refractivity contribution in [2.24, 2.45) is 0 Å². The first-order valence-electron chi connectivity index (χ1n) is 13.0. The molecule has 12 heteroatoms. The molecule has 1 aromatic carbocycles. The Bertz CT molecular complexity index is 1660. The fraction of sp³-hybridized carbons (Fsp3) is 0.393. The molecule has 11 nitrogen and oxygen atoms in total. The number of aromatic amines is 1. The van der Waals surface area contributed by atoms with Gasteiger partial charge in [0.05, 0.1) is 37.0 Å². The van der Waals surface area contributed by atoms with Crippen LogP contribution in [0.1, 0.15) is 37.5 Å². The molecule has 0 radical (unpaired) electrons. The third-order valence-electron chi connectivity index (χ3n) is 6.66. The fourth-order valence-electron chi connectivity index (χ4n) is 4.88. The minimum absolute atomic E-state index is 0.0790. The predicted molar refractivity (Wildman–Crippen MR) is 150 cm³/mol. The van der Waals surface area contributed by atoms with E-state index in [0.717, 1.165) is 21.3 Å². The minimum Gasteiger partial charge on any atom is -0.444 e. The van der Waals surface area contributed by atoms with Crippen LogP contribution < -0.4 is 11.2 Å². The van der Waals surface area contributed by atoms with Crippen LogP contribution >= 0.6 is 11.6 Å². The largest absolute Gasteiger partial charge is 0.444 e. The second kappa shape index (κ2) is 10.9. The van der Waals surface area contributed by atoms with Crippen molar-refractivity contribution >= 4 is 23.2 Å². The van der Waals surface area contributed by atoms with Gasteiger partial charge in [-0.15, -0.1) is 0 Å². The summed E-state index contributed by atoms with van der Waals surface area (Å²) in [7, 11) is 0. The molecule has 210 valence electrons. The summed E-state index contributed by atoms with van der Waals surface area (Å²) in [4.78, 5) is 46.0. The first-order valence-corrected chi connectivity index (χ1v) is 13.4. The van der Waals surface area contributed by atoms with E-state index in [2.05, 4.69) is 15.1 Å². The molecular formula is C28H31ClN6O5. The first-order chi connectivity index (χ1) is 19.0. The number of fused-ring (bicyclic) bond motifs is 1. The van der Waals surface area contributed by atoms with Crippen LogP contribution in [-0.2, 0) is 22.4 Å². The van der Waals surface area contributed by atoms with Gasteiger partial charge >= 0.3 is 11.8 Å². The molecular weight excluding hydrogens is 536 g/mol. The van der Waals surface area contributed by atoms with E-state index in [-0.39, 0.29) is 18.7 Å². The lowest BCUT2D eigenvalue weighted by molar-refractivity contribution is -0.0415. The van der Waals surface area contributed by atoms with Crippen LogP contribution in [0.15, 0.2) is 52.6 Å². The molecule has 4 heterocycles. The number of hydrogen-bond donors (Lipinski definition) is 1. The third kappa shape index (κ3) is 5.95. The highest BCUT2D eigenvalue weighted by molar-refractivity contribution is 6.31. The van der Waals surface area contributed by atoms with E-state index < -0.39 is 16.9 Å². The monoisotopic (exact) mass is 566 g/mol. The van der Waals surface area contributed by atoms with Crippen LogP contribution in [0.25, 0.3) is 16.8 Å². The van der Waals surface area contributed by atoms with Crippen molar-refractivity contribution in [3.8, 4) is 11.3 Å². The predicted octanol–water partition coefficient (Wildman–Crippen LogP) is 3.43. The Morgan fingerprint density at radius 1 is 1.25 bits per heavy atom. The molecule has 0 bridgehead atoms. The van der Waals surface area contributed by atoms with Gasteiger partial charge < -0.3 is 19.4 Å². The topological polar surface area (TPSA) is 124 Å². The number of hydrogen-bond acceptors (Lipinski definition) is 7. The second-order valence-electron chi connectivity index (χ2n) is 10.9. The summed E-state index contributed by atoms with van der Waals surface area (Å²) < 4.78 is 14.4. The molecule has 1 fully saturated rings. The zero-order valence-corrected chi connectivity index (χ0v) is 23.6. The number of halogens is 1. The van der Waals surface area contributed by atoms with Gasteiger partial charge in [0.25, 0.3) is 5.56 Å². The number of nitrogens with one attached hydrogen (secondary N) is 1. The number of carbonyl (C=O) groups excluding carboxylic acids is 1. The third-order valence-corrected chi connectivity index (χ3v) is 6.88. The lowest BCUT2D eigenvalue weighted by atomic mass is 9.93. The Morgan fingerprint density at radius 2 is 2.05 bits per heavy atom. The Hall–Kier alpha value is -3.96. The highest BCUT2D eigenvalue weighted by atomic mass is 35.5. The van der Waals surface area contributed by atoms with Crippen LogP contribution in [-0.4, -0.2) is 66.5 Å². The van der Waals surface area contributed by atoms with E-state index in [4.69, 9.17) is 21.1 Å². The number of aromatic nitrogens is 5. The number of amides is 1. The lowest BCUT2D eigenvalue weighted by Crippen LogP contribution is -2.48. The summed E-state index contributed by atoms with van der Waals surface area (Å²) in [6.07, 6.45) is 4.46. The summed E-state index contributed by atoms with van der Waals surface area (Å²) in [5.41, 5.74) is 3.35. The van der Waals surface area contributed by atoms with E-state index in [9.17, 15) is 14.4 Å². The van der Waals surface area contributed by atoms with E-state index in [1.54, 1.807) is 15.6 Å². The molecule has 40 heavy (non-hydrogen) atoms. The summed E-state index contributed by atoms with van der Waals surface area (Å²) >= 11 is 6.51. The fourth-order valence-corrected chi connectivity index (χ4v) is 5.15. The first kappa shape index (κ1) is 27.6. The molecule has 0 aliphatic carbocycles. The van der Waals surface area contributed by atoms with Crippen LogP contribution in [0, 0.1) is 6.92 Å². The number of H-pyrrole nitrogens is 1. The summed E-state index contributed by atoms with van der Waals surface area (Å²) in [5.74, 6) is 0. The smallest absolute Gasteiger partial charge is 0.410 e. The van der Waals surface area contributed by atoms with Crippen LogP contribution in [0.4, 0.5) is 4.79 Å². The number of ether oxygens (including phenoxy) is 2. The highest BCUT2D eigenvalue weighted by Crippen LogP contribution is 2.33. The van der Waals surface area contributed by atoms with E-state index >= 15 is 0 Å². The van der Waals surface area contributed by atoms with E-state index in [1.165, 1.54) is 18.6 Å². The Kier molecular flexibility index (Phi) is 7.52. The van der Waals surface area contributed by atoms with Crippen molar-refractivity contribution in [1.29, 1.82) is 0 Å². The minimum atomic E-state index is -0.582. The SMILES string of the molecule is Cc1cc(Cl)cc(-c2ncnn3cc(Cn4c(=O)cc[nH]c4=O)cc23)c1C[C@@H]1CN(C(=O)OC(C)(C)C)CCO1. The van der Waals surface area contributed by atoms with Crippen molar-refractivity contribution in [2.75, 3.05) is 19.7 Å². The average molecular weight is 567 g/mol. The standard InChI is InChI=1S/C28H31ClN6O5/c1-17-9-19(29)11-22(21(17)12-20-15-33(7-8-39-20)27(38)40-28(2,3)4)25-23-10-18(14-35(23)32-16-31-25)13-34-24(36)5-6-30-26(34)37/h5-6,9-11,14,16,20H,7-8,12-13,15H2,1-4H3,(H,30,37)/t20-/m1/s1. The number of rotatable bonds is 5. The van der Waals surface area contributed by atoms with Gasteiger partial charge in [-0.3, -0.25) is 9.36 Å². The van der Waals surface area contributed by atoms with Crippen molar-refractivity contribution in [3.05, 3.63) is 85.5 Å². The normalized spacial score (nSPS) is 15.9. The molecule has 0 unspecified atom stereocenters. The molecule has 4 aromatic rings. The van der Waals surface area contributed by atoms with Crippen molar-refractivity contribution < 1.29 is 14.3 Å². The molecule has 1 aliphatic rings. The molecule has 0 spiro atoms. The highest BCUT2D eigenvalue weighted by Gasteiger charge is 2.29. The van der Waals surface area contributed by atoms with Crippen LogP contribution in [0.3, 0.4) is 0 Å². The second-order valence-corrected chi connectivity index (χ2v) is 11.3. The zero-order valence-electron chi connectivity index (χ0n) is 22.8. The van der Waals surface area contributed by atoms with Gasteiger partial charge in [0.2, 0.25) is 0 Å². The van der Waals surface area contributed by atoms with Gasteiger partial charge in [-0.2, -0.15) is 5.10 Å². The number of nitrogens with zero attached hydrogens (tertiary/aromatic N) is 5. The number of benzene rings is 1. The van der Waals surface area contributed by atoms with Gasteiger partial charge in [-0.1, -0.05) is 11.6 Å². The molecule has 1 amide bonds. The summed E-state index contributed by atoms with van der Waals surface area (Å²) in [6, 6.07) is 6.92. The quantitative estimate of drug-likeness (QED) is 0.392. The van der Waals surface area contributed by atoms with Gasteiger partial charge in [0, 0.05) is 42.0 Å². The number of carbonyl (C=O) groups is 1. The Labute approximate surface area is 235 Å². The molecule has 1 N–H and O–H groups in total. The van der Waals surface area contributed by atoms with Gasteiger partial charge in [-0.25, -0.2) is 19.1 Å². The van der Waals surface area contributed by atoms with Gasteiger partial charge in [-0.05, 0) is 62.6 Å². The molecule has 3 aromatic heterocycles. The maximum atomic E-state index is 12.7. The maximum Gasteiger partial charge on any atom is 0.410 e. The van der Waals surface area contributed by atoms with E-state index in [0.29, 0.717) is 47.9 Å². The van der Waals surface area contributed by atoms with Crippen LogP contribution in [0.5, 0.6) is 0 Å². The van der Waals surface area contributed by atoms with Crippen LogP contribution in [0.2, 0.25) is 5.02 Å². The molecule has 0 saturated carbocycles. The van der Waals surface area contributed by atoms with Crippen molar-refractivity contribution in [2.45, 2.75) is 52.4 Å². The summed E-state index contributed by atoms with van der Waals surface area (Å²) in [6.45, 7) is 8.86.